The van der Waals surface area contributed by atoms with Crippen molar-refractivity contribution in [2.75, 3.05) is 11.1 Å². The molecule has 1 aromatic rings. The lowest BCUT2D eigenvalue weighted by Gasteiger charge is -2.15. The van der Waals surface area contributed by atoms with Crippen LogP contribution in [0.25, 0.3) is 0 Å². The second kappa shape index (κ2) is 7.37. The second-order valence-corrected chi connectivity index (χ2v) is 7.29. The number of hydrogen-bond donors (Lipinski definition) is 1. The molecule has 21 heavy (non-hydrogen) atoms. The normalized spacial score (nSPS) is 17.9. The molecule has 0 bridgehead atoms. The summed E-state index contributed by atoms with van der Waals surface area (Å²) >= 11 is 0. The van der Waals surface area contributed by atoms with Crippen LogP contribution in [0.15, 0.2) is 24.3 Å². The van der Waals surface area contributed by atoms with E-state index in [0.29, 0.717) is 22.9 Å². The van der Waals surface area contributed by atoms with Crippen LogP contribution in [0, 0.1) is 17.2 Å². The van der Waals surface area contributed by atoms with Gasteiger partial charge in [-0.25, -0.2) is 0 Å². The van der Waals surface area contributed by atoms with Gasteiger partial charge in [-0.3, -0.25) is 9.00 Å². The molecule has 0 heterocycles. The van der Waals surface area contributed by atoms with Gasteiger partial charge in [0.25, 0.3) is 0 Å². The summed E-state index contributed by atoms with van der Waals surface area (Å²) in [5.74, 6) is 0.815. The highest BCUT2D eigenvalue weighted by molar-refractivity contribution is 7.86. The smallest absolute Gasteiger partial charge is 0.239 e. The first-order chi connectivity index (χ1) is 10.1. The number of amides is 1. The number of nitrogens with one attached hydrogen (secondary N) is 1. The Morgan fingerprint density at radius 2 is 2.10 bits per heavy atom. The molecule has 0 radical (unpaired) electrons. The molecule has 112 valence electrons. The summed E-state index contributed by atoms with van der Waals surface area (Å²) in [6, 6.07) is 8.88. The fourth-order valence-electron chi connectivity index (χ4n) is 2.60. The fourth-order valence-corrected chi connectivity index (χ4v) is 3.98. The fraction of sp³-hybridized carbons (Fsp3) is 0.500. The lowest BCUT2D eigenvalue weighted by molar-refractivity contribution is -0.115. The molecule has 0 aromatic heterocycles. The number of para-hydroxylation sites is 1. The molecule has 2 atom stereocenters. The summed E-state index contributed by atoms with van der Waals surface area (Å²) in [7, 11) is -1.16. The summed E-state index contributed by atoms with van der Waals surface area (Å²) in [5, 5.41) is 11.2. The maximum Gasteiger partial charge on any atom is 0.239 e. The van der Waals surface area contributed by atoms with E-state index >= 15 is 0 Å². The summed E-state index contributed by atoms with van der Waals surface area (Å²) in [4.78, 5) is 12.2. The Labute approximate surface area is 128 Å². The number of carbonyl (C=O) groups excluding carboxylic acids is 1. The highest BCUT2D eigenvalue weighted by atomic mass is 32.2. The molecule has 2 rings (SSSR count). The predicted molar refractivity (Wildman–Crippen MR) is 84.2 cm³/mol. The largest absolute Gasteiger partial charge is 0.324 e. The van der Waals surface area contributed by atoms with Gasteiger partial charge in [-0.05, 0) is 37.8 Å². The van der Waals surface area contributed by atoms with Crippen molar-refractivity contribution in [3.8, 4) is 6.07 Å². The zero-order valence-electron chi connectivity index (χ0n) is 12.2. The number of carbonyl (C=O) groups is 1. The van der Waals surface area contributed by atoms with Crippen molar-refractivity contribution in [3.05, 3.63) is 29.8 Å². The van der Waals surface area contributed by atoms with E-state index in [2.05, 4.69) is 5.32 Å². The number of hydrogen-bond acceptors (Lipinski definition) is 3. The topological polar surface area (TPSA) is 70.0 Å². The van der Waals surface area contributed by atoms with Gasteiger partial charge in [0.05, 0.1) is 11.3 Å². The van der Waals surface area contributed by atoms with Crippen LogP contribution in [0.3, 0.4) is 0 Å². The lowest BCUT2D eigenvalue weighted by Crippen LogP contribution is -2.31. The van der Waals surface area contributed by atoms with E-state index in [-0.39, 0.29) is 5.91 Å². The minimum absolute atomic E-state index is 0.283. The Morgan fingerprint density at radius 3 is 2.76 bits per heavy atom. The lowest BCUT2D eigenvalue weighted by atomic mass is 10.1. The molecule has 2 unspecified atom stereocenters. The highest BCUT2D eigenvalue weighted by Gasteiger charge is 2.25. The van der Waals surface area contributed by atoms with Crippen molar-refractivity contribution in [3.63, 3.8) is 0 Å². The van der Waals surface area contributed by atoms with Crippen LogP contribution in [-0.2, 0) is 15.6 Å². The average molecular weight is 304 g/mol. The van der Waals surface area contributed by atoms with Crippen molar-refractivity contribution >= 4 is 22.4 Å². The molecule has 1 saturated carbocycles. The van der Waals surface area contributed by atoms with Gasteiger partial charge in [-0.1, -0.05) is 25.0 Å². The van der Waals surface area contributed by atoms with E-state index in [1.807, 2.05) is 6.07 Å². The quantitative estimate of drug-likeness (QED) is 0.909. The van der Waals surface area contributed by atoms with Crippen LogP contribution < -0.4 is 5.32 Å². The van der Waals surface area contributed by atoms with E-state index in [9.17, 15) is 9.00 Å². The summed E-state index contributed by atoms with van der Waals surface area (Å²) in [5.41, 5.74) is 0.898. The van der Waals surface area contributed by atoms with Crippen LogP contribution in [0.1, 0.15) is 38.2 Å². The van der Waals surface area contributed by atoms with Gasteiger partial charge in [0.1, 0.15) is 11.3 Å². The predicted octanol–water partition coefficient (Wildman–Crippen LogP) is 2.82. The SMILES string of the molecule is CC(C(=O)Nc1ccccc1C#N)S(=O)CC1CCCC1. The van der Waals surface area contributed by atoms with Crippen molar-refractivity contribution < 1.29 is 9.00 Å². The molecule has 5 heteroatoms. The minimum atomic E-state index is -1.16. The van der Waals surface area contributed by atoms with Crippen LogP contribution in [-0.4, -0.2) is 21.1 Å². The molecule has 0 saturated heterocycles. The van der Waals surface area contributed by atoms with Crippen LogP contribution in [0.5, 0.6) is 0 Å². The van der Waals surface area contributed by atoms with Crippen LogP contribution in [0.2, 0.25) is 0 Å². The summed E-state index contributed by atoms with van der Waals surface area (Å²) in [6.07, 6.45) is 4.66. The van der Waals surface area contributed by atoms with E-state index in [4.69, 9.17) is 5.26 Å². The zero-order chi connectivity index (χ0) is 15.2. The second-order valence-electron chi connectivity index (χ2n) is 5.49. The molecular weight excluding hydrogens is 284 g/mol. The van der Waals surface area contributed by atoms with Crippen LogP contribution >= 0.6 is 0 Å². The third-order valence-corrected chi connectivity index (χ3v) is 5.75. The monoisotopic (exact) mass is 304 g/mol. The first-order valence-electron chi connectivity index (χ1n) is 7.29. The molecule has 1 aliphatic carbocycles. The standard InChI is InChI=1S/C16H20N2O2S/c1-12(21(20)11-13-6-2-3-7-13)16(19)18-15-9-5-4-8-14(15)10-17/h4-5,8-9,12-13H,2-3,6-7,11H2,1H3,(H,18,19). The Kier molecular flexibility index (Phi) is 5.51. The van der Waals surface area contributed by atoms with Gasteiger partial charge in [0, 0.05) is 16.6 Å². The molecule has 1 N–H and O–H groups in total. The molecular formula is C16H20N2O2S. The molecule has 4 nitrogen and oxygen atoms in total. The van der Waals surface area contributed by atoms with E-state index < -0.39 is 16.0 Å². The van der Waals surface area contributed by atoms with E-state index in [0.717, 1.165) is 12.8 Å². The number of rotatable bonds is 5. The van der Waals surface area contributed by atoms with Gasteiger partial charge in [-0.2, -0.15) is 5.26 Å². The highest BCUT2D eigenvalue weighted by Crippen LogP contribution is 2.26. The number of benzene rings is 1. The Hall–Kier alpha value is -1.67. The number of nitrogens with zero attached hydrogens (tertiary/aromatic N) is 1. The molecule has 0 aliphatic heterocycles. The first-order valence-corrected chi connectivity index (χ1v) is 8.67. The minimum Gasteiger partial charge on any atom is -0.324 e. The Bertz CT molecular complexity index is 574. The van der Waals surface area contributed by atoms with Crippen molar-refractivity contribution in [2.24, 2.45) is 5.92 Å². The van der Waals surface area contributed by atoms with Gasteiger partial charge in [0.15, 0.2) is 0 Å². The molecule has 1 aromatic carbocycles. The first kappa shape index (κ1) is 15.7. The van der Waals surface area contributed by atoms with Gasteiger partial charge >= 0.3 is 0 Å². The maximum absolute atomic E-state index is 12.3. The average Bonchev–Trinajstić information content (AvgIpc) is 2.99. The van der Waals surface area contributed by atoms with Crippen molar-refractivity contribution in [1.29, 1.82) is 5.26 Å². The maximum atomic E-state index is 12.3. The van der Waals surface area contributed by atoms with Crippen molar-refractivity contribution in [1.82, 2.24) is 0 Å². The number of nitriles is 1. The van der Waals surface area contributed by atoms with Gasteiger partial charge in [-0.15, -0.1) is 0 Å². The van der Waals surface area contributed by atoms with E-state index in [1.54, 1.807) is 31.2 Å². The van der Waals surface area contributed by atoms with E-state index in [1.165, 1.54) is 12.8 Å². The zero-order valence-corrected chi connectivity index (χ0v) is 13.0. The van der Waals surface area contributed by atoms with Crippen LogP contribution in [0.4, 0.5) is 5.69 Å². The van der Waals surface area contributed by atoms with Gasteiger partial charge in [0.2, 0.25) is 5.91 Å². The number of anilines is 1. The van der Waals surface area contributed by atoms with Crippen molar-refractivity contribution in [2.45, 2.75) is 37.9 Å². The summed E-state index contributed by atoms with van der Waals surface area (Å²) in [6.45, 7) is 1.69. The third-order valence-electron chi connectivity index (χ3n) is 3.94. The molecule has 1 fully saturated rings. The summed E-state index contributed by atoms with van der Waals surface area (Å²) < 4.78 is 12.3. The Balaban J connectivity index is 1.95. The molecule has 0 spiro atoms. The molecule has 1 amide bonds. The van der Waals surface area contributed by atoms with Gasteiger partial charge < -0.3 is 5.32 Å². The molecule has 1 aliphatic rings. The Morgan fingerprint density at radius 1 is 1.43 bits per heavy atom. The third kappa shape index (κ3) is 4.15.